The first-order valence-corrected chi connectivity index (χ1v) is 9.01. The Hall–Kier alpha value is -1.47. The van der Waals surface area contributed by atoms with Crippen molar-refractivity contribution < 1.29 is 4.79 Å². The number of aromatic amines is 1. The van der Waals surface area contributed by atoms with Crippen molar-refractivity contribution in [2.24, 2.45) is 0 Å². The number of nitrogens with zero attached hydrogens (tertiary/aromatic N) is 2. The molecule has 0 bridgehead atoms. The van der Waals surface area contributed by atoms with Crippen molar-refractivity contribution in [2.75, 3.05) is 6.54 Å². The standard InChI is InChI=1S/C15H20N4OS2/c1-2-19-13(17-18-15(19)21)7-8-16-14(20)11-9-22-12-6-4-3-5-10(11)12/h9H,2-8H2,1H3,(H,16,20)(H,18,21). The summed E-state index contributed by atoms with van der Waals surface area (Å²) in [5, 5.41) is 12.0. The lowest BCUT2D eigenvalue weighted by atomic mass is 9.96. The molecule has 0 atom stereocenters. The van der Waals surface area contributed by atoms with Crippen molar-refractivity contribution in [1.29, 1.82) is 0 Å². The summed E-state index contributed by atoms with van der Waals surface area (Å²) in [6, 6.07) is 0. The van der Waals surface area contributed by atoms with E-state index in [0.29, 0.717) is 17.7 Å². The first kappa shape index (κ1) is 15.4. The predicted molar refractivity (Wildman–Crippen MR) is 90.1 cm³/mol. The van der Waals surface area contributed by atoms with Gasteiger partial charge in [0.15, 0.2) is 4.77 Å². The number of rotatable bonds is 5. The first-order valence-electron chi connectivity index (χ1n) is 7.72. The second-order valence-corrected chi connectivity index (χ2v) is 6.80. The number of amides is 1. The Labute approximate surface area is 138 Å². The van der Waals surface area contributed by atoms with E-state index in [4.69, 9.17) is 12.2 Å². The van der Waals surface area contributed by atoms with Gasteiger partial charge in [-0.3, -0.25) is 9.89 Å². The Morgan fingerprint density at radius 2 is 2.32 bits per heavy atom. The SMILES string of the molecule is CCn1c(CCNC(=O)c2csc3c2CCCC3)n[nH]c1=S. The Morgan fingerprint density at radius 3 is 3.14 bits per heavy atom. The maximum atomic E-state index is 12.4. The van der Waals surface area contributed by atoms with Gasteiger partial charge in [0.2, 0.25) is 0 Å². The number of thiophene rings is 1. The van der Waals surface area contributed by atoms with Crippen LogP contribution in [0.2, 0.25) is 0 Å². The molecule has 0 unspecified atom stereocenters. The molecule has 2 aromatic heterocycles. The van der Waals surface area contributed by atoms with Crippen LogP contribution in [0.4, 0.5) is 0 Å². The third-order valence-corrected chi connectivity index (χ3v) is 5.49. The summed E-state index contributed by atoms with van der Waals surface area (Å²) in [7, 11) is 0. The molecule has 2 heterocycles. The molecule has 0 radical (unpaired) electrons. The van der Waals surface area contributed by atoms with E-state index in [1.165, 1.54) is 23.3 Å². The largest absolute Gasteiger partial charge is 0.352 e. The highest BCUT2D eigenvalue weighted by molar-refractivity contribution is 7.71. The monoisotopic (exact) mass is 336 g/mol. The fourth-order valence-electron chi connectivity index (χ4n) is 2.93. The van der Waals surface area contributed by atoms with Crippen LogP contribution in [0, 0.1) is 4.77 Å². The van der Waals surface area contributed by atoms with Crippen molar-refractivity contribution in [3.8, 4) is 0 Å². The highest BCUT2D eigenvalue weighted by Crippen LogP contribution is 2.30. The molecule has 0 saturated heterocycles. The fraction of sp³-hybridized carbons (Fsp3) is 0.533. The summed E-state index contributed by atoms with van der Waals surface area (Å²) in [5.74, 6) is 0.928. The number of aromatic nitrogens is 3. The molecule has 22 heavy (non-hydrogen) atoms. The summed E-state index contributed by atoms with van der Waals surface area (Å²) >= 11 is 6.89. The maximum Gasteiger partial charge on any atom is 0.252 e. The molecule has 5 nitrogen and oxygen atoms in total. The summed E-state index contributed by atoms with van der Waals surface area (Å²) in [5.41, 5.74) is 2.14. The van der Waals surface area contributed by atoms with Crippen LogP contribution >= 0.6 is 23.6 Å². The Bertz CT molecular complexity index is 728. The van der Waals surface area contributed by atoms with E-state index in [2.05, 4.69) is 15.5 Å². The molecule has 7 heteroatoms. The molecule has 1 aliphatic carbocycles. The lowest BCUT2D eigenvalue weighted by Crippen LogP contribution is -2.27. The Kier molecular flexibility index (Phi) is 4.73. The zero-order valence-electron chi connectivity index (χ0n) is 12.6. The summed E-state index contributed by atoms with van der Waals surface area (Å²) < 4.78 is 2.59. The Balaban J connectivity index is 1.61. The van der Waals surface area contributed by atoms with E-state index < -0.39 is 0 Å². The van der Waals surface area contributed by atoms with E-state index in [1.54, 1.807) is 11.3 Å². The molecule has 118 valence electrons. The zero-order chi connectivity index (χ0) is 15.5. The van der Waals surface area contributed by atoms with E-state index >= 15 is 0 Å². The van der Waals surface area contributed by atoms with Gasteiger partial charge in [0.25, 0.3) is 5.91 Å². The van der Waals surface area contributed by atoms with Gasteiger partial charge in [-0.05, 0) is 50.4 Å². The van der Waals surface area contributed by atoms with Crippen LogP contribution in [0.25, 0.3) is 0 Å². The molecule has 1 aliphatic rings. The third-order valence-electron chi connectivity index (χ3n) is 4.09. The number of hydrogen-bond donors (Lipinski definition) is 2. The molecule has 2 aromatic rings. The van der Waals surface area contributed by atoms with E-state index in [-0.39, 0.29) is 5.91 Å². The van der Waals surface area contributed by atoms with Gasteiger partial charge in [-0.25, -0.2) is 0 Å². The number of fused-ring (bicyclic) bond motifs is 1. The van der Waals surface area contributed by atoms with Crippen LogP contribution in [0.5, 0.6) is 0 Å². The molecule has 1 amide bonds. The molecular formula is C15H20N4OS2. The number of nitrogens with one attached hydrogen (secondary N) is 2. The van der Waals surface area contributed by atoms with Crippen LogP contribution in [-0.2, 0) is 25.8 Å². The van der Waals surface area contributed by atoms with Crippen molar-refractivity contribution in [3.63, 3.8) is 0 Å². The van der Waals surface area contributed by atoms with Crippen molar-refractivity contribution >= 4 is 29.5 Å². The van der Waals surface area contributed by atoms with Gasteiger partial charge in [0.1, 0.15) is 5.82 Å². The van der Waals surface area contributed by atoms with Crippen LogP contribution in [0.1, 0.15) is 46.4 Å². The van der Waals surface area contributed by atoms with Gasteiger partial charge in [-0.1, -0.05) is 0 Å². The molecule has 0 spiro atoms. The minimum atomic E-state index is 0.0385. The smallest absolute Gasteiger partial charge is 0.252 e. The third kappa shape index (κ3) is 3.01. The van der Waals surface area contributed by atoms with Crippen LogP contribution in [-0.4, -0.2) is 27.2 Å². The number of hydrogen-bond acceptors (Lipinski definition) is 4. The highest BCUT2D eigenvalue weighted by Gasteiger charge is 2.19. The minimum absolute atomic E-state index is 0.0385. The number of carbonyl (C=O) groups is 1. The summed E-state index contributed by atoms with van der Waals surface area (Å²) in [6.45, 7) is 3.39. The summed E-state index contributed by atoms with van der Waals surface area (Å²) in [6.07, 6.45) is 5.28. The van der Waals surface area contributed by atoms with E-state index in [9.17, 15) is 4.79 Å². The van der Waals surface area contributed by atoms with Crippen molar-refractivity contribution in [3.05, 3.63) is 32.0 Å². The quantitative estimate of drug-likeness (QED) is 0.825. The highest BCUT2D eigenvalue weighted by atomic mass is 32.1. The van der Waals surface area contributed by atoms with Crippen molar-refractivity contribution in [1.82, 2.24) is 20.1 Å². The van der Waals surface area contributed by atoms with Gasteiger partial charge in [-0.15, -0.1) is 11.3 Å². The predicted octanol–water partition coefficient (Wildman–Crippen LogP) is 2.87. The number of aryl methyl sites for hydroxylation is 1. The molecule has 0 aliphatic heterocycles. The van der Waals surface area contributed by atoms with Crippen LogP contribution < -0.4 is 5.32 Å². The zero-order valence-corrected chi connectivity index (χ0v) is 14.3. The first-order chi connectivity index (χ1) is 10.7. The molecule has 2 N–H and O–H groups in total. The van der Waals surface area contributed by atoms with Crippen LogP contribution in [0.15, 0.2) is 5.38 Å². The van der Waals surface area contributed by atoms with Gasteiger partial charge in [0, 0.05) is 29.8 Å². The second kappa shape index (κ2) is 6.75. The maximum absolute atomic E-state index is 12.4. The van der Waals surface area contributed by atoms with Gasteiger partial charge >= 0.3 is 0 Å². The van der Waals surface area contributed by atoms with Gasteiger partial charge < -0.3 is 9.88 Å². The average Bonchev–Trinajstić information content (AvgIpc) is 3.11. The lowest BCUT2D eigenvalue weighted by Gasteiger charge is -2.12. The van der Waals surface area contributed by atoms with Crippen molar-refractivity contribution in [2.45, 2.75) is 45.6 Å². The van der Waals surface area contributed by atoms with Crippen LogP contribution in [0.3, 0.4) is 0 Å². The fourth-order valence-corrected chi connectivity index (χ4v) is 4.34. The topological polar surface area (TPSA) is 62.7 Å². The number of H-pyrrole nitrogens is 1. The average molecular weight is 336 g/mol. The Morgan fingerprint density at radius 1 is 1.50 bits per heavy atom. The molecule has 3 rings (SSSR count). The lowest BCUT2D eigenvalue weighted by molar-refractivity contribution is 0.0953. The molecule has 0 aromatic carbocycles. The second-order valence-electron chi connectivity index (χ2n) is 5.45. The summed E-state index contributed by atoms with van der Waals surface area (Å²) in [4.78, 5) is 13.8. The molecule has 0 fully saturated rings. The van der Waals surface area contributed by atoms with E-state index in [0.717, 1.165) is 30.8 Å². The minimum Gasteiger partial charge on any atom is -0.352 e. The molecule has 0 saturated carbocycles. The van der Waals surface area contributed by atoms with Gasteiger partial charge in [-0.2, -0.15) is 5.10 Å². The molecular weight excluding hydrogens is 316 g/mol. The van der Waals surface area contributed by atoms with E-state index in [1.807, 2.05) is 16.9 Å². The normalized spacial score (nSPS) is 13.9. The number of carbonyl (C=O) groups excluding carboxylic acids is 1. The van der Waals surface area contributed by atoms with Gasteiger partial charge in [0.05, 0.1) is 5.56 Å².